The third-order valence-electron chi connectivity index (χ3n) is 2.20. The molecule has 0 rings (SSSR count). The average molecular weight is 215 g/mol. The number of rotatable bonds is 7. The van der Waals surface area contributed by atoms with Gasteiger partial charge in [0, 0.05) is 13.1 Å². The van der Waals surface area contributed by atoms with Gasteiger partial charge in [-0.2, -0.15) is 0 Å². The van der Waals surface area contributed by atoms with Gasteiger partial charge in [0.2, 0.25) is 11.8 Å². The van der Waals surface area contributed by atoms with E-state index in [1.165, 1.54) is 0 Å². The van der Waals surface area contributed by atoms with Crippen molar-refractivity contribution in [2.75, 3.05) is 20.1 Å². The predicted octanol–water partition coefficient (Wildman–Crippen LogP) is -0.373. The van der Waals surface area contributed by atoms with Crippen LogP contribution in [0.2, 0.25) is 0 Å². The number of nitrogens with one attached hydrogen (secondary N) is 3. The lowest BCUT2D eigenvalue weighted by molar-refractivity contribution is -0.121. The molecule has 5 nitrogen and oxygen atoms in total. The largest absolute Gasteiger partial charge is 0.358 e. The van der Waals surface area contributed by atoms with Crippen LogP contribution in [0.4, 0.5) is 0 Å². The molecular formula is C10H21N3O2. The van der Waals surface area contributed by atoms with Gasteiger partial charge in [-0.15, -0.1) is 0 Å². The summed E-state index contributed by atoms with van der Waals surface area (Å²) in [5.74, 6) is -0.182. The van der Waals surface area contributed by atoms with Crippen molar-refractivity contribution in [1.82, 2.24) is 16.0 Å². The maximum atomic E-state index is 11.3. The van der Waals surface area contributed by atoms with Crippen LogP contribution in [0.25, 0.3) is 0 Å². The molecule has 0 aromatic carbocycles. The summed E-state index contributed by atoms with van der Waals surface area (Å²) in [7, 11) is 1.56. The zero-order chi connectivity index (χ0) is 11.7. The summed E-state index contributed by atoms with van der Waals surface area (Å²) in [6.07, 6.45) is 1.86. The molecule has 0 heterocycles. The molecule has 0 saturated heterocycles. The maximum absolute atomic E-state index is 11.3. The highest BCUT2D eigenvalue weighted by molar-refractivity contribution is 5.81. The monoisotopic (exact) mass is 215 g/mol. The van der Waals surface area contributed by atoms with Crippen molar-refractivity contribution in [3.8, 4) is 0 Å². The summed E-state index contributed by atoms with van der Waals surface area (Å²) < 4.78 is 0. The molecule has 0 unspecified atom stereocenters. The molecule has 15 heavy (non-hydrogen) atoms. The smallest absolute Gasteiger partial charge is 0.234 e. The molecule has 0 fully saturated rings. The van der Waals surface area contributed by atoms with Crippen molar-refractivity contribution in [2.24, 2.45) is 0 Å². The Hall–Kier alpha value is -1.10. The SMILES string of the molecule is CCC(CC)NC(=O)CNCC(=O)NC. The summed E-state index contributed by atoms with van der Waals surface area (Å²) in [4.78, 5) is 22.2. The van der Waals surface area contributed by atoms with Crippen LogP contribution in [0, 0.1) is 0 Å². The minimum Gasteiger partial charge on any atom is -0.358 e. The summed E-state index contributed by atoms with van der Waals surface area (Å²) in [6.45, 7) is 4.43. The van der Waals surface area contributed by atoms with Gasteiger partial charge in [-0.3, -0.25) is 14.9 Å². The zero-order valence-electron chi connectivity index (χ0n) is 9.72. The van der Waals surface area contributed by atoms with Gasteiger partial charge in [0.25, 0.3) is 0 Å². The first kappa shape index (κ1) is 13.9. The predicted molar refractivity (Wildman–Crippen MR) is 59.4 cm³/mol. The van der Waals surface area contributed by atoms with E-state index in [1.807, 2.05) is 13.8 Å². The van der Waals surface area contributed by atoms with Crippen LogP contribution in [0.1, 0.15) is 26.7 Å². The molecule has 0 bridgehead atoms. The normalized spacial score (nSPS) is 10.1. The van der Waals surface area contributed by atoms with E-state index in [1.54, 1.807) is 7.05 Å². The Bertz CT molecular complexity index is 203. The molecule has 0 aliphatic heterocycles. The van der Waals surface area contributed by atoms with Crippen LogP contribution in [-0.2, 0) is 9.59 Å². The lowest BCUT2D eigenvalue weighted by Gasteiger charge is -2.14. The molecule has 0 aromatic rings. The summed E-state index contributed by atoms with van der Waals surface area (Å²) >= 11 is 0. The fraction of sp³-hybridized carbons (Fsp3) is 0.800. The summed E-state index contributed by atoms with van der Waals surface area (Å²) in [6, 6.07) is 0.235. The van der Waals surface area contributed by atoms with Crippen LogP contribution in [0.5, 0.6) is 0 Å². The quantitative estimate of drug-likeness (QED) is 0.542. The Kier molecular flexibility index (Phi) is 7.62. The lowest BCUT2D eigenvalue weighted by Crippen LogP contribution is -2.42. The van der Waals surface area contributed by atoms with E-state index in [0.717, 1.165) is 12.8 Å². The summed E-state index contributed by atoms with van der Waals surface area (Å²) in [5.41, 5.74) is 0. The van der Waals surface area contributed by atoms with Gasteiger partial charge in [0.05, 0.1) is 13.1 Å². The molecule has 0 aliphatic carbocycles. The molecule has 0 radical (unpaired) electrons. The second-order valence-electron chi connectivity index (χ2n) is 3.36. The van der Waals surface area contributed by atoms with Crippen LogP contribution in [0.15, 0.2) is 0 Å². The first-order valence-electron chi connectivity index (χ1n) is 5.34. The molecule has 0 saturated carbocycles. The highest BCUT2D eigenvalue weighted by Gasteiger charge is 2.07. The number of hydrogen-bond acceptors (Lipinski definition) is 3. The van der Waals surface area contributed by atoms with Gasteiger partial charge >= 0.3 is 0 Å². The third kappa shape index (κ3) is 6.90. The van der Waals surface area contributed by atoms with E-state index in [4.69, 9.17) is 0 Å². The molecule has 2 amide bonds. The number of hydrogen-bond donors (Lipinski definition) is 3. The molecule has 0 aliphatic rings. The summed E-state index contributed by atoms with van der Waals surface area (Å²) in [5, 5.41) is 8.11. The van der Waals surface area contributed by atoms with Gasteiger partial charge in [-0.1, -0.05) is 13.8 Å². The van der Waals surface area contributed by atoms with Gasteiger partial charge in [0.1, 0.15) is 0 Å². The number of carbonyl (C=O) groups is 2. The fourth-order valence-electron chi connectivity index (χ4n) is 1.15. The molecular weight excluding hydrogens is 194 g/mol. The zero-order valence-corrected chi connectivity index (χ0v) is 9.72. The average Bonchev–Trinajstić information content (AvgIpc) is 2.25. The third-order valence-corrected chi connectivity index (χ3v) is 2.20. The highest BCUT2D eigenvalue weighted by Crippen LogP contribution is 1.94. The first-order valence-corrected chi connectivity index (χ1v) is 5.34. The van der Waals surface area contributed by atoms with Gasteiger partial charge in [-0.25, -0.2) is 0 Å². The number of amides is 2. The molecule has 88 valence electrons. The van der Waals surface area contributed by atoms with E-state index >= 15 is 0 Å². The van der Waals surface area contributed by atoms with E-state index in [2.05, 4.69) is 16.0 Å². The van der Waals surface area contributed by atoms with Crippen molar-refractivity contribution in [1.29, 1.82) is 0 Å². The van der Waals surface area contributed by atoms with Crippen molar-refractivity contribution in [2.45, 2.75) is 32.7 Å². The van der Waals surface area contributed by atoms with E-state index in [0.29, 0.717) is 0 Å². The minimum atomic E-state index is -0.120. The molecule has 3 N–H and O–H groups in total. The molecule has 0 aromatic heterocycles. The van der Waals surface area contributed by atoms with Crippen molar-refractivity contribution < 1.29 is 9.59 Å². The van der Waals surface area contributed by atoms with Gasteiger partial charge in [0.15, 0.2) is 0 Å². The Morgan fingerprint density at radius 3 is 2.07 bits per heavy atom. The lowest BCUT2D eigenvalue weighted by atomic mass is 10.2. The van der Waals surface area contributed by atoms with Gasteiger partial charge in [-0.05, 0) is 12.8 Å². The Morgan fingerprint density at radius 2 is 1.60 bits per heavy atom. The molecule has 5 heteroatoms. The van der Waals surface area contributed by atoms with Crippen molar-refractivity contribution in [3.05, 3.63) is 0 Å². The molecule has 0 spiro atoms. The fourth-order valence-corrected chi connectivity index (χ4v) is 1.15. The topological polar surface area (TPSA) is 70.2 Å². The van der Waals surface area contributed by atoms with Crippen LogP contribution >= 0.6 is 0 Å². The molecule has 0 atom stereocenters. The second-order valence-corrected chi connectivity index (χ2v) is 3.36. The van der Waals surface area contributed by atoms with E-state index < -0.39 is 0 Å². The van der Waals surface area contributed by atoms with Crippen molar-refractivity contribution in [3.63, 3.8) is 0 Å². The standard InChI is InChI=1S/C10H21N3O2/c1-4-8(5-2)13-10(15)7-12-6-9(14)11-3/h8,12H,4-7H2,1-3H3,(H,11,14)(H,13,15). The van der Waals surface area contributed by atoms with Crippen LogP contribution in [0.3, 0.4) is 0 Å². The minimum absolute atomic E-state index is 0.0624. The van der Waals surface area contributed by atoms with Crippen LogP contribution in [-0.4, -0.2) is 38.0 Å². The Morgan fingerprint density at radius 1 is 1.07 bits per heavy atom. The number of likely N-dealkylation sites (N-methyl/N-ethyl adjacent to an activating group) is 1. The second kappa shape index (κ2) is 8.23. The van der Waals surface area contributed by atoms with E-state index in [-0.39, 0.29) is 30.9 Å². The maximum Gasteiger partial charge on any atom is 0.234 e. The van der Waals surface area contributed by atoms with E-state index in [9.17, 15) is 9.59 Å². The first-order chi connectivity index (χ1) is 7.13. The van der Waals surface area contributed by atoms with Gasteiger partial charge < -0.3 is 10.6 Å². The number of carbonyl (C=O) groups excluding carboxylic acids is 2. The van der Waals surface area contributed by atoms with Crippen molar-refractivity contribution >= 4 is 11.8 Å². The Balaban J connectivity index is 3.61. The van der Waals surface area contributed by atoms with Crippen LogP contribution < -0.4 is 16.0 Å². The highest BCUT2D eigenvalue weighted by atomic mass is 16.2. The Labute approximate surface area is 91.0 Å².